The van der Waals surface area contributed by atoms with Crippen LogP contribution in [0.15, 0.2) is 54.7 Å². The third kappa shape index (κ3) is 2.36. The predicted octanol–water partition coefficient (Wildman–Crippen LogP) is 3.43. The Kier molecular flexibility index (Phi) is 3.13. The Morgan fingerprint density at radius 2 is 1.90 bits per heavy atom. The first kappa shape index (κ1) is 12.3. The fourth-order valence-electron chi connectivity index (χ4n) is 2.07. The number of carbonyl (C=O) groups is 1. The van der Waals surface area contributed by atoms with E-state index in [1.807, 2.05) is 30.5 Å². The second-order valence-corrected chi connectivity index (χ2v) is 4.46. The second kappa shape index (κ2) is 5.09. The minimum absolute atomic E-state index is 0.140. The number of rotatable bonds is 3. The Morgan fingerprint density at radius 3 is 2.65 bits per heavy atom. The van der Waals surface area contributed by atoms with Crippen LogP contribution in [0.25, 0.3) is 10.9 Å². The van der Waals surface area contributed by atoms with E-state index in [0.717, 1.165) is 22.3 Å². The lowest BCUT2D eigenvalue weighted by Crippen LogP contribution is -2.11. The van der Waals surface area contributed by atoms with Crippen LogP contribution in [-0.4, -0.2) is 18.0 Å². The van der Waals surface area contributed by atoms with Crippen molar-refractivity contribution < 1.29 is 9.53 Å². The molecule has 0 saturated carbocycles. The van der Waals surface area contributed by atoms with Crippen molar-refractivity contribution in [3.05, 3.63) is 60.3 Å². The van der Waals surface area contributed by atoms with E-state index in [0.29, 0.717) is 5.56 Å². The Morgan fingerprint density at radius 1 is 1.10 bits per heavy atom. The van der Waals surface area contributed by atoms with Crippen LogP contribution in [0.2, 0.25) is 0 Å². The summed E-state index contributed by atoms with van der Waals surface area (Å²) in [4.78, 5) is 15.2. The van der Waals surface area contributed by atoms with E-state index >= 15 is 0 Å². The largest absolute Gasteiger partial charge is 0.497 e. The summed E-state index contributed by atoms with van der Waals surface area (Å²) in [6.45, 7) is 0. The molecule has 0 spiro atoms. The average molecular weight is 266 g/mol. The smallest absolute Gasteiger partial charge is 0.255 e. The van der Waals surface area contributed by atoms with Crippen molar-refractivity contribution in [1.82, 2.24) is 4.98 Å². The van der Waals surface area contributed by atoms with Crippen LogP contribution in [0, 0.1) is 0 Å². The summed E-state index contributed by atoms with van der Waals surface area (Å²) in [7, 11) is 1.60. The maximum absolute atomic E-state index is 12.1. The molecule has 2 N–H and O–H groups in total. The summed E-state index contributed by atoms with van der Waals surface area (Å²) in [5, 5.41) is 4.00. The minimum atomic E-state index is -0.140. The second-order valence-electron chi connectivity index (χ2n) is 4.46. The Bertz CT molecular complexity index is 745. The van der Waals surface area contributed by atoms with Gasteiger partial charge in [0.1, 0.15) is 5.75 Å². The van der Waals surface area contributed by atoms with Crippen molar-refractivity contribution in [3.63, 3.8) is 0 Å². The number of fused-ring (bicyclic) bond motifs is 1. The molecule has 2 aromatic carbocycles. The standard InChI is InChI=1S/C16H14N2O2/c1-20-14-6-3-12(4-7-14)16(19)18-13-5-2-11-8-9-17-15(11)10-13/h2-10,17H,1H3,(H,18,19). The fraction of sp³-hybridized carbons (Fsp3) is 0.0625. The van der Waals surface area contributed by atoms with Crippen LogP contribution in [0.3, 0.4) is 0 Å². The molecular weight excluding hydrogens is 252 g/mol. The number of hydrogen-bond donors (Lipinski definition) is 2. The van der Waals surface area contributed by atoms with Gasteiger partial charge in [-0.15, -0.1) is 0 Å². The number of methoxy groups -OCH3 is 1. The number of hydrogen-bond acceptors (Lipinski definition) is 2. The molecule has 0 saturated heterocycles. The number of amides is 1. The van der Waals surface area contributed by atoms with Gasteiger partial charge in [0.2, 0.25) is 0 Å². The topological polar surface area (TPSA) is 54.1 Å². The highest BCUT2D eigenvalue weighted by atomic mass is 16.5. The SMILES string of the molecule is COc1ccc(C(=O)Nc2ccc3cc[nH]c3c2)cc1. The average Bonchev–Trinajstić information content (AvgIpc) is 2.95. The number of H-pyrrole nitrogens is 1. The number of ether oxygens (including phenoxy) is 1. The molecule has 0 unspecified atom stereocenters. The third-order valence-electron chi connectivity index (χ3n) is 3.17. The zero-order valence-electron chi connectivity index (χ0n) is 11.0. The van der Waals surface area contributed by atoms with E-state index < -0.39 is 0 Å². The number of nitrogens with one attached hydrogen (secondary N) is 2. The van der Waals surface area contributed by atoms with E-state index in [2.05, 4.69) is 10.3 Å². The first-order valence-electron chi connectivity index (χ1n) is 6.29. The number of aromatic nitrogens is 1. The Hall–Kier alpha value is -2.75. The van der Waals surface area contributed by atoms with E-state index in [4.69, 9.17) is 4.74 Å². The van der Waals surface area contributed by atoms with Crippen molar-refractivity contribution >= 4 is 22.5 Å². The van der Waals surface area contributed by atoms with Crippen LogP contribution >= 0.6 is 0 Å². The summed E-state index contributed by atoms with van der Waals surface area (Å²) < 4.78 is 5.07. The summed E-state index contributed by atoms with van der Waals surface area (Å²) in [6, 6.07) is 14.8. The zero-order valence-corrected chi connectivity index (χ0v) is 11.0. The molecular formula is C16H14N2O2. The van der Waals surface area contributed by atoms with Crippen molar-refractivity contribution in [3.8, 4) is 5.75 Å². The fourth-order valence-corrected chi connectivity index (χ4v) is 2.07. The molecule has 3 rings (SSSR count). The van der Waals surface area contributed by atoms with Crippen molar-refractivity contribution in [2.75, 3.05) is 12.4 Å². The van der Waals surface area contributed by atoms with Gasteiger partial charge in [0.15, 0.2) is 0 Å². The molecule has 1 heterocycles. The molecule has 1 aromatic heterocycles. The molecule has 3 aromatic rings. The lowest BCUT2D eigenvalue weighted by molar-refractivity contribution is 0.102. The van der Waals surface area contributed by atoms with Gasteiger partial charge in [-0.25, -0.2) is 0 Å². The van der Waals surface area contributed by atoms with Gasteiger partial charge in [-0.3, -0.25) is 4.79 Å². The van der Waals surface area contributed by atoms with Gasteiger partial charge in [-0.2, -0.15) is 0 Å². The molecule has 4 nitrogen and oxygen atoms in total. The molecule has 0 bridgehead atoms. The van der Waals surface area contributed by atoms with E-state index in [-0.39, 0.29) is 5.91 Å². The van der Waals surface area contributed by atoms with Crippen LogP contribution in [0.5, 0.6) is 5.75 Å². The molecule has 0 fully saturated rings. The van der Waals surface area contributed by atoms with Gasteiger partial charge >= 0.3 is 0 Å². The summed E-state index contributed by atoms with van der Waals surface area (Å²) in [5.74, 6) is 0.591. The van der Waals surface area contributed by atoms with Gasteiger partial charge in [0.05, 0.1) is 7.11 Å². The highest BCUT2D eigenvalue weighted by Crippen LogP contribution is 2.19. The number of anilines is 1. The lowest BCUT2D eigenvalue weighted by Gasteiger charge is -2.06. The van der Waals surface area contributed by atoms with Crippen molar-refractivity contribution in [1.29, 1.82) is 0 Å². The lowest BCUT2D eigenvalue weighted by atomic mass is 10.2. The van der Waals surface area contributed by atoms with Gasteiger partial charge < -0.3 is 15.0 Å². The number of aromatic amines is 1. The maximum Gasteiger partial charge on any atom is 0.255 e. The van der Waals surface area contributed by atoms with E-state index in [9.17, 15) is 4.79 Å². The quantitative estimate of drug-likeness (QED) is 0.763. The molecule has 0 aliphatic carbocycles. The highest BCUT2D eigenvalue weighted by Gasteiger charge is 2.06. The number of carbonyl (C=O) groups excluding carboxylic acids is 1. The highest BCUT2D eigenvalue weighted by molar-refractivity contribution is 6.05. The summed E-state index contributed by atoms with van der Waals surface area (Å²) >= 11 is 0. The third-order valence-corrected chi connectivity index (χ3v) is 3.17. The molecule has 0 aliphatic heterocycles. The van der Waals surface area contributed by atoms with Crippen molar-refractivity contribution in [2.45, 2.75) is 0 Å². The van der Waals surface area contributed by atoms with Crippen molar-refractivity contribution in [2.24, 2.45) is 0 Å². The summed E-state index contributed by atoms with van der Waals surface area (Å²) in [5.41, 5.74) is 2.36. The molecule has 0 aliphatic rings. The van der Waals surface area contributed by atoms with Gasteiger partial charge in [-0.1, -0.05) is 6.07 Å². The molecule has 0 atom stereocenters. The van der Waals surface area contributed by atoms with E-state index in [1.165, 1.54) is 0 Å². The first-order chi connectivity index (χ1) is 9.76. The predicted molar refractivity (Wildman–Crippen MR) is 79.2 cm³/mol. The normalized spacial score (nSPS) is 10.4. The molecule has 1 amide bonds. The zero-order chi connectivity index (χ0) is 13.9. The van der Waals surface area contributed by atoms with Gasteiger partial charge in [0, 0.05) is 23.0 Å². The molecule has 100 valence electrons. The molecule has 4 heteroatoms. The van der Waals surface area contributed by atoms with Crippen LogP contribution in [-0.2, 0) is 0 Å². The van der Waals surface area contributed by atoms with Crippen LogP contribution in [0.1, 0.15) is 10.4 Å². The minimum Gasteiger partial charge on any atom is -0.497 e. The maximum atomic E-state index is 12.1. The monoisotopic (exact) mass is 266 g/mol. The van der Waals surface area contributed by atoms with Crippen LogP contribution in [0.4, 0.5) is 5.69 Å². The number of benzene rings is 2. The first-order valence-corrected chi connectivity index (χ1v) is 6.29. The van der Waals surface area contributed by atoms with E-state index in [1.54, 1.807) is 31.4 Å². The molecule has 20 heavy (non-hydrogen) atoms. The molecule has 0 radical (unpaired) electrons. The Labute approximate surface area is 116 Å². The van der Waals surface area contributed by atoms with Crippen LogP contribution < -0.4 is 10.1 Å². The Balaban J connectivity index is 1.80. The van der Waals surface area contributed by atoms with Gasteiger partial charge in [0.25, 0.3) is 5.91 Å². The van der Waals surface area contributed by atoms with Gasteiger partial charge in [-0.05, 0) is 47.9 Å². The summed E-state index contributed by atoms with van der Waals surface area (Å²) in [6.07, 6.45) is 1.87.